The molecule has 0 aromatic carbocycles. The van der Waals surface area contributed by atoms with Crippen molar-refractivity contribution in [2.24, 2.45) is 17.6 Å². The number of rotatable bonds is 2. The molecular weight excluding hydrogens is 256 g/mol. The monoisotopic (exact) mass is 276 g/mol. The predicted octanol–water partition coefficient (Wildman–Crippen LogP) is 0.238. The third kappa shape index (κ3) is 2.42. The van der Waals surface area contributed by atoms with E-state index in [1.807, 2.05) is 4.90 Å². The van der Waals surface area contributed by atoms with Crippen LogP contribution in [0, 0.1) is 11.8 Å². The maximum Gasteiger partial charge on any atom is 0.226 e. The van der Waals surface area contributed by atoms with Gasteiger partial charge in [0.1, 0.15) is 0 Å². The number of fused-ring (bicyclic) bond motifs is 1. The second kappa shape index (κ2) is 5.26. The van der Waals surface area contributed by atoms with Crippen molar-refractivity contribution in [1.29, 1.82) is 0 Å². The molecule has 1 atom stereocenters. The lowest BCUT2D eigenvalue weighted by Crippen LogP contribution is -2.45. The molecule has 0 saturated carbocycles. The van der Waals surface area contributed by atoms with Crippen LogP contribution in [0.15, 0.2) is 6.33 Å². The molecule has 6 heteroatoms. The van der Waals surface area contributed by atoms with E-state index in [1.165, 1.54) is 0 Å². The smallest absolute Gasteiger partial charge is 0.226 e. The number of piperidine rings is 1. The molecule has 108 valence electrons. The van der Waals surface area contributed by atoms with Crippen molar-refractivity contribution >= 4 is 11.8 Å². The first-order valence-corrected chi connectivity index (χ1v) is 7.24. The number of nitrogens with two attached hydrogens (primary N) is 1. The average molecular weight is 276 g/mol. The van der Waals surface area contributed by atoms with E-state index >= 15 is 0 Å². The number of aromatic amines is 1. The Bertz CT molecular complexity index is 517. The fraction of sp³-hybridized carbons (Fsp3) is 0.643. The molecule has 1 aliphatic carbocycles. The Kier molecular flexibility index (Phi) is 3.46. The van der Waals surface area contributed by atoms with Crippen molar-refractivity contribution in [3.63, 3.8) is 0 Å². The van der Waals surface area contributed by atoms with Gasteiger partial charge in [-0.25, -0.2) is 4.98 Å². The van der Waals surface area contributed by atoms with Gasteiger partial charge in [-0.3, -0.25) is 9.59 Å². The van der Waals surface area contributed by atoms with E-state index in [2.05, 4.69) is 9.97 Å². The molecule has 1 saturated heterocycles. The first kappa shape index (κ1) is 13.1. The number of hydrogen-bond donors (Lipinski definition) is 2. The van der Waals surface area contributed by atoms with Gasteiger partial charge in [-0.05, 0) is 25.7 Å². The number of H-pyrrole nitrogens is 1. The zero-order chi connectivity index (χ0) is 14.1. The Morgan fingerprint density at radius 3 is 2.70 bits per heavy atom. The number of aryl methyl sites for hydroxylation is 1. The highest BCUT2D eigenvalue weighted by atomic mass is 16.2. The topological polar surface area (TPSA) is 92.1 Å². The van der Waals surface area contributed by atoms with Crippen molar-refractivity contribution in [2.45, 2.75) is 32.1 Å². The van der Waals surface area contributed by atoms with Gasteiger partial charge in [0.25, 0.3) is 0 Å². The molecule has 2 amide bonds. The van der Waals surface area contributed by atoms with Gasteiger partial charge in [0.2, 0.25) is 11.8 Å². The summed E-state index contributed by atoms with van der Waals surface area (Å²) in [6.07, 6.45) is 5.59. The third-order valence-electron chi connectivity index (χ3n) is 4.55. The standard InChI is InChI=1S/C14H20N4O2/c15-13(19)9-3-5-18(6-4-9)14(20)10-1-2-11-12(7-10)17-8-16-11/h8-10H,1-7H2,(H2,15,19)(H,16,17). The highest BCUT2D eigenvalue weighted by Crippen LogP contribution is 2.26. The molecule has 2 aliphatic rings. The predicted molar refractivity (Wildman–Crippen MR) is 72.6 cm³/mol. The van der Waals surface area contributed by atoms with Crippen LogP contribution in [0.25, 0.3) is 0 Å². The minimum atomic E-state index is -0.239. The molecule has 20 heavy (non-hydrogen) atoms. The van der Waals surface area contributed by atoms with Gasteiger partial charge in [0.15, 0.2) is 0 Å². The summed E-state index contributed by atoms with van der Waals surface area (Å²) in [4.78, 5) is 33.0. The van der Waals surface area contributed by atoms with E-state index in [9.17, 15) is 9.59 Å². The molecule has 2 heterocycles. The van der Waals surface area contributed by atoms with Crippen molar-refractivity contribution in [3.8, 4) is 0 Å². The number of nitrogens with zero attached hydrogens (tertiary/aromatic N) is 2. The summed E-state index contributed by atoms with van der Waals surface area (Å²) in [7, 11) is 0. The van der Waals surface area contributed by atoms with Gasteiger partial charge in [0, 0.05) is 37.0 Å². The van der Waals surface area contributed by atoms with Crippen LogP contribution in [0.5, 0.6) is 0 Å². The molecule has 0 bridgehead atoms. The largest absolute Gasteiger partial charge is 0.369 e. The number of imidazole rings is 1. The second-order valence-corrected chi connectivity index (χ2v) is 5.77. The molecule has 1 aromatic heterocycles. The second-order valence-electron chi connectivity index (χ2n) is 5.77. The maximum absolute atomic E-state index is 12.5. The minimum Gasteiger partial charge on any atom is -0.369 e. The molecule has 0 radical (unpaired) electrons. The summed E-state index contributed by atoms with van der Waals surface area (Å²) in [5.41, 5.74) is 7.52. The van der Waals surface area contributed by atoms with Gasteiger partial charge < -0.3 is 15.6 Å². The zero-order valence-corrected chi connectivity index (χ0v) is 11.5. The highest BCUT2D eigenvalue weighted by molar-refractivity contribution is 5.80. The van der Waals surface area contributed by atoms with Crippen molar-refractivity contribution in [2.75, 3.05) is 13.1 Å². The van der Waals surface area contributed by atoms with Crippen molar-refractivity contribution in [3.05, 3.63) is 17.7 Å². The molecule has 1 aliphatic heterocycles. The zero-order valence-electron chi connectivity index (χ0n) is 11.5. The summed E-state index contributed by atoms with van der Waals surface area (Å²) in [5, 5.41) is 0. The van der Waals surface area contributed by atoms with Crippen LogP contribution in [-0.4, -0.2) is 39.8 Å². The Balaban J connectivity index is 1.59. The molecule has 3 rings (SSSR count). The van der Waals surface area contributed by atoms with Crippen LogP contribution in [0.3, 0.4) is 0 Å². The summed E-state index contributed by atoms with van der Waals surface area (Å²) >= 11 is 0. The lowest BCUT2D eigenvalue weighted by molar-refractivity contribution is -0.139. The molecule has 1 fully saturated rings. The summed E-state index contributed by atoms with van der Waals surface area (Å²) in [6, 6.07) is 0. The molecule has 1 aromatic rings. The minimum absolute atomic E-state index is 0.0491. The number of likely N-dealkylation sites (tertiary alicyclic amines) is 1. The fourth-order valence-corrected chi connectivity index (χ4v) is 3.25. The normalized spacial score (nSPS) is 23.4. The highest BCUT2D eigenvalue weighted by Gasteiger charge is 2.32. The molecule has 0 spiro atoms. The number of aromatic nitrogens is 2. The number of amides is 2. The van der Waals surface area contributed by atoms with Crippen LogP contribution in [0.1, 0.15) is 30.7 Å². The van der Waals surface area contributed by atoms with E-state index in [-0.39, 0.29) is 23.7 Å². The van der Waals surface area contributed by atoms with Gasteiger partial charge in [0.05, 0.1) is 12.0 Å². The van der Waals surface area contributed by atoms with E-state index in [0.717, 1.165) is 30.7 Å². The number of nitrogens with one attached hydrogen (secondary N) is 1. The Hall–Kier alpha value is -1.85. The fourth-order valence-electron chi connectivity index (χ4n) is 3.25. The Labute approximate surface area is 117 Å². The molecular formula is C14H20N4O2. The summed E-state index contributed by atoms with van der Waals surface area (Å²) in [6.45, 7) is 1.30. The van der Waals surface area contributed by atoms with E-state index in [4.69, 9.17) is 5.73 Å². The summed E-state index contributed by atoms with van der Waals surface area (Å²) in [5.74, 6) is -0.0391. The van der Waals surface area contributed by atoms with Crippen LogP contribution < -0.4 is 5.73 Å². The quantitative estimate of drug-likeness (QED) is 0.810. The van der Waals surface area contributed by atoms with Crippen LogP contribution >= 0.6 is 0 Å². The Morgan fingerprint density at radius 1 is 1.25 bits per heavy atom. The first-order valence-electron chi connectivity index (χ1n) is 7.24. The number of carbonyl (C=O) groups is 2. The lowest BCUT2D eigenvalue weighted by Gasteiger charge is -2.34. The Morgan fingerprint density at radius 2 is 2.00 bits per heavy atom. The third-order valence-corrected chi connectivity index (χ3v) is 4.55. The van der Waals surface area contributed by atoms with Gasteiger partial charge in [-0.2, -0.15) is 0 Å². The molecule has 6 nitrogen and oxygen atoms in total. The van der Waals surface area contributed by atoms with E-state index < -0.39 is 0 Å². The number of carbonyl (C=O) groups excluding carboxylic acids is 2. The van der Waals surface area contributed by atoms with Crippen molar-refractivity contribution in [1.82, 2.24) is 14.9 Å². The number of primary amides is 1. The van der Waals surface area contributed by atoms with Crippen LogP contribution in [-0.2, 0) is 22.4 Å². The summed E-state index contributed by atoms with van der Waals surface area (Å²) < 4.78 is 0. The SMILES string of the molecule is NC(=O)C1CCN(C(=O)C2CCc3nc[nH]c3C2)CC1. The van der Waals surface area contributed by atoms with Gasteiger partial charge >= 0.3 is 0 Å². The first-order chi connectivity index (χ1) is 9.65. The van der Waals surface area contributed by atoms with E-state index in [1.54, 1.807) is 6.33 Å². The maximum atomic E-state index is 12.5. The lowest BCUT2D eigenvalue weighted by atomic mass is 9.87. The number of hydrogen-bond acceptors (Lipinski definition) is 3. The van der Waals surface area contributed by atoms with Gasteiger partial charge in [-0.15, -0.1) is 0 Å². The van der Waals surface area contributed by atoms with Crippen molar-refractivity contribution < 1.29 is 9.59 Å². The van der Waals surface area contributed by atoms with Gasteiger partial charge in [-0.1, -0.05) is 0 Å². The molecule has 3 N–H and O–H groups in total. The van der Waals surface area contributed by atoms with Crippen LogP contribution in [0.2, 0.25) is 0 Å². The molecule has 1 unspecified atom stereocenters. The average Bonchev–Trinajstić information content (AvgIpc) is 2.94. The van der Waals surface area contributed by atoms with E-state index in [0.29, 0.717) is 25.9 Å². The van der Waals surface area contributed by atoms with Crippen LogP contribution in [0.4, 0.5) is 0 Å².